The summed E-state index contributed by atoms with van der Waals surface area (Å²) in [7, 11) is 1.26. The molecule has 4 aliphatic heterocycles. The van der Waals surface area contributed by atoms with Crippen molar-refractivity contribution in [2.24, 2.45) is 23.7 Å². The maximum atomic E-state index is 12.8. The minimum Gasteiger partial charge on any atom is -0.467 e. The van der Waals surface area contributed by atoms with Crippen LogP contribution in [0.3, 0.4) is 0 Å². The molecule has 1 saturated carbocycles. The molecule has 1 aliphatic carbocycles. The Morgan fingerprint density at radius 3 is 2.55 bits per heavy atom. The van der Waals surface area contributed by atoms with Crippen molar-refractivity contribution in [1.29, 1.82) is 0 Å². The lowest BCUT2D eigenvalue weighted by molar-refractivity contribution is -0.576. The summed E-state index contributed by atoms with van der Waals surface area (Å²) in [6.45, 7) is 6.08. The van der Waals surface area contributed by atoms with E-state index in [0.29, 0.717) is 17.9 Å². The monoisotopic (exact) mass is 531 g/mol. The molecule has 4 saturated heterocycles. The number of methoxy groups -OCH3 is 1. The van der Waals surface area contributed by atoms with Crippen LogP contribution in [0, 0.1) is 23.7 Å². The van der Waals surface area contributed by atoms with Crippen molar-refractivity contribution in [2.75, 3.05) is 7.11 Å². The molecule has 1 spiro atoms. The summed E-state index contributed by atoms with van der Waals surface area (Å²) in [5.41, 5.74) is -0.151. The molecule has 1 aromatic rings. The van der Waals surface area contributed by atoms with Crippen LogP contribution < -0.4 is 5.32 Å². The van der Waals surface area contributed by atoms with Crippen LogP contribution in [-0.4, -0.2) is 48.9 Å². The van der Waals surface area contributed by atoms with Gasteiger partial charge in [-0.1, -0.05) is 44.2 Å². The van der Waals surface area contributed by atoms with E-state index in [0.717, 1.165) is 19.3 Å². The zero-order chi connectivity index (χ0) is 27.1. The van der Waals surface area contributed by atoms with Crippen molar-refractivity contribution in [2.45, 2.75) is 89.3 Å². The number of esters is 2. The Bertz CT molecular complexity index is 1050. The number of carbonyl (C=O) groups excluding carboxylic acids is 3. The third kappa shape index (κ3) is 4.83. The molecule has 0 unspecified atom stereocenters. The van der Waals surface area contributed by atoms with Gasteiger partial charge in [0.05, 0.1) is 13.5 Å². The topological polar surface area (TPSA) is 119 Å². The first-order valence-corrected chi connectivity index (χ1v) is 13.5. The molecule has 0 radical (unpaired) electrons. The first kappa shape index (κ1) is 27.1. The van der Waals surface area contributed by atoms with Crippen LogP contribution in [-0.2, 0) is 43.1 Å². The second kappa shape index (κ2) is 10.6. The summed E-state index contributed by atoms with van der Waals surface area (Å²) in [5, 5.41) is 2.65. The van der Waals surface area contributed by atoms with Gasteiger partial charge in [0.25, 0.3) is 0 Å². The van der Waals surface area contributed by atoms with Gasteiger partial charge in [0.2, 0.25) is 18.0 Å². The molecule has 2 bridgehead atoms. The van der Waals surface area contributed by atoms with Crippen molar-refractivity contribution >= 4 is 17.8 Å². The minimum absolute atomic E-state index is 0.0258. The SMILES string of the molecule is COC(=O)[C@@H](NC(=O)CCC(=O)O[C@@H]1O[C@H]2O[C@@]3(C)CC[C@H]4[C@@H](C)CC[C@H]([C@H]1C)[C@]24OO3)c1ccccc1. The van der Waals surface area contributed by atoms with Crippen LogP contribution in [0.15, 0.2) is 30.3 Å². The zero-order valence-electron chi connectivity index (χ0n) is 22.3. The average molecular weight is 532 g/mol. The van der Waals surface area contributed by atoms with Crippen molar-refractivity contribution in [3.63, 3.8) is 0 Å². The molecule has 9 atom stereocenters. The zero-order valence-corrected chi connectivity index (χ0v) is 22.3. The van der Waals surface area contributed by atoms with Crippen molar-refractivity contribution < 1.29 is 43.1 Å². The Morgan fingerprint density at radius 1 is 1.05 bits per heavy atom. The molecular formula is C28H37NO9. The van der Waals surface area contributed by atoms with Gasteiger partial charge in [0.1, 0.15) is 0 Å². The highest BCUT2D eigenvalue weighted by Gasteiger charge is 2.69. The Balaban J connectivity index is 1.21. The lowest BCUT2D eigenvalue weighted by atomic mass is 9.58. The maximum absolute atomic E-state index is 12.8. The van der Waals surface area contributed by atoms with Gasteiger partial charge in [-0.3, -0.25) is 9.59 Å². The number of amides is 1. The predicted octanol–water partition coefficient (Wildman–Crippen LogP) is 3.55. The van der Waals surface area contributed by atoms with Gasteiger partial charge in [-0.05, 0) is 43.6 Å². The van der Waals surface area contributed by atoms with Crippen LogP contribution in [0.1, 0.15) is 70.9 Å². The molecule has 38 heavy (non-hydrogen) atoms. The van der Waals surface area contributed by atoms with E-state index in [4.69, 9.17) is 28.7 Å². The quantitative estimate of drug-likeness (QED) is 0.416. The number of fused-ring (bicyclic) bond motifs is 2. The molecule has 10 nitrogen and oxygen atoms in total. The lowest BCUT2D eigenvalue weighted by Crippen LogP contribution is -2.70. The third-order valence-electron chi connectivity index (χ3n) is 8.78. The Kier molecular flexibility index (Phi) is 7.52. The largest absolute Gasteiger partial charge is 0.467 e. The van der Waals surface area contributed by atoms with Gasteiger partial charge in [0, 0.05) is 24.7 Å². The van der Waals surface area contributed by atoms with E-state index in [-0.39, 0.29) is 30.6 Å². The molecule has 0 aromatic heterocycles. The summed E-state index contributed by atoms with van der Waals surface area (Å²) in [6.07, 6.45) is 1.66. The van der Waals surface area contributed by atoms with Gasteiger partial charge < -0.3 is 24.3 Å². The van der Waals surface area contributed by atoms with E-state index in [1.165, 1.54) is 7.11 Å². The first-order valence-electron chi connectivity index (χ1n) is 13.5. The molecule has 1 aromatic carbocycles. The van der Waals surface area contributed by atoms with Crippen LogP contribution in [0.2, 0.25) is 0 Å². The minimum atomic E-state index is -0.962. The normalized spacial score (nSPS) is 38.3. The smallest absolute Gasteiger partial charge is 0.333 e. The molecule has 5 fully saturated rings. The molecule has 1 amide bonds. The highest BCUT2D eigenvalue weighted by molar-refractivity contribution is 5.87. The summed E-state index contributed by atoms with van der Waals surface area (Å²) in [5.74, 6) is -2.03. The average Bonchev–Trinajstić information content (AvgIpc) is 3.14. The van der Waals surface area contributed by atoms with Gasteiger partial charge in [0.15, 0.2) is 17.9 Å². The van der Waals surface area contributed by atoms with Crippen LogP contribution in [0.5, 0.6) is 0 Å². The van der Waals surface area contributed by atoms with Crippen molar-refractivity contribution in [3.05, 3.63) is 35.9 Å². The summed E-state index contributed by atoms with van der Waals surface area (Å²) in [6, 6.07) is 7.82. The molecule has 1 N–H and O–H groups in total. The highest BCUT2D eigenvalue weighted by atomic mass is 17.3. The Labute approximate surface area is 222 Å². The molecule has 10 heteroatoms. The molecule has 4 heterocycles. The predicted molar refractivity (Wildman–Crippen MR) is 131 cm³/mol. The molecule has 208 valence electrons. The van der Waals surface area contributed by atoms with Gasteiger partial charge in [-0.2, -0.15) is 0 Å². The number of hydrogen-bond acceptors (Lipinski definition) is 9. The van der Waals surface area contributed by atoms with Gasteiger partial charge in [-0.25, -0.2) is 14.6 Å². The van der Waals surface area contributed by atoms with E-state index >= 15 is 0 Å². The fourth-order valence-electron chi connectivity index (χ4n) is 6.69. The van der Waals surface area contributed by atoms with Crippen LogP contribution in [0.4, 0.5) is 0 Å². The highest BCUT2D eigenvalue weighted by Crippen LogP contribution is 2.60. The number of rotatable bonds is 7. The summed E-state index contributed by atoms with van der Waals surface area (Å²) in [4.78, 5) is 49.6. The fourth-order valence-corrected chi connectivity index (χ4v) is 6.69. The molecular weight excluding hydrogens is 494 g/mol. The number of nitrogens with one attached hydrogen (secondary N) is 1. The van der Waals surface area contributed by atoms with Crippen LogP contribution >= 0.6 is 0 Å². The van der Waals surface area contributed by atoms with E-state index in [1.54, 1.807) is 24.3 Å². The second-order valence-corrected chi connectivity index (χ2v) is 11.2. The van der Waals surface area contributed by atoms with Crippen molar-refractivity contribution in [1.82, 2.24) is 5.32 Å². The number of carbonyl (C=O) groups is 3. The Morgan fingerprint density at radius 2 is 1.82 bits per heavy atom. The van der Waals surface area contributed by atoms with E-state index < -0.39 is 47.9 Å². The van der Waals surface area contributed by atoms with E-state index in [2.05, 4.69) is 12.2 Å². The Hall–Kier alpha value is -2.53. The number of hydrogen-bond donors (Lipinski definition) is 1. The van der Waals surface area contributed by atoms with E-state index in [1.807, 2.05) is 19.9 Å². The first-order chi connectivity index (χ1) is 18.2. The summed E-state index contributed by atoms with van der Waals surface area (Å²) >= 11 is 0. The second-order valence-electron chi connectivity index (χ2n) is 11.2. The lowest BCUT2D eigenvalue weighted by Gasteiger charge is -2.59. The standard InChI is InChI=1S/C28H37NO9/c1-16-10-11-20-17(2)25(35-26-28(20)19(16)14-15-27(3,36-26)37-38-28)34-22(31)13-12-21(30)29-23(24(32)33-4)18-8-6-5-7-9-18/h5-9,16-17,19-20,23,25-26H,10-15H2,1-4H3,(H,29,30)/t16-,17+,19-,20+,23-,25+,26-,27+,28-/m0/s1. The number of benzene rings is 1. The van der Waals surface area contributed by atoms with Gasteiger partial charge >= 0.3 is 11.9 Å². The fraction of sp³-hybridized carbons (Fsp3) is 0.679. The summed E-state index contributed by atoms with van der Waals surface area (Å²) < 4.78 is 23.1. The molecule has 5 aliphatic rings. The third-order valence-corrected chi connectivity index (χ3v) is 8.78. The van der Waals surface area contributed by atoms with E-state index in [9.17, 15) is 14.4 Å². The number of ether oxygens (including phenoxy) is 4. The van der Waals surface area contributed by atoms with Crippen molar-refractivity contribution in [3.8, 4) is 0 Å². The van der Waals surface area contributed by atoms with Gasteiger partial charge in [-0.15, -0.1) is 0 Å². The molecule has 6 rings (SSSR count). The maximum Gasteiger partial charge on any atom is 0.333 e. The van der Waals surface area contributed by atoms with Crippen LogP contribution in [0.25, 0.3) is 0 Å².